The van der Waals surface area contributed by atoms with Gasteiger partial charge in [0.25, 0.3) is 0 Å². The third-order valence-electron chi connectivity index (χ3n) is 3.80. The lowest BCUT2D eigenvalue weighted by molar-refractivity contribution is -0.0342. The second-order valence-electron chi connectivity index (χ2n) is 5.33. The van der Waals surface area contributed by atoms with Crippen molar-refractivity contribution in [2.24, 2.45) is 0 Å². The Morgan fingerprint density at radius 3 is 3.05 bits per heavy atom. The monoisotopic (exact) mass is 266 g/mol. The van der Waals surface area contributed by atoms with Crippen molar-refractivity contribution in [3.8, 4) is 0 Å². The van der Waals surface area contributed by atoms with Gasteiger partial charge in [-0.25, -0.2) is 0 Å². The largest absolute Gasteiger partial charge is 0.388 e. The quantitative estimate of drug-likeness (QED) is 0.856. The molecule has 1 aromatic heterocycles. The van der Waals surface area contributed by atoms with Gasteiger partial charge in [0.1, 0.15) is 0 Å². The Morgan fingerprint density at radius 2 is 2.32 bits per heavy atom. The van der Waals surface area contributed by atoms with E-state index < -0.39 is 0 Å². The van der Waals surface area contributed by atoms with E-state index in [-0.39, 0.29) is 12.2 Å². The van der Waals surface area contributed by atoms with Crippen LogP contribution in [0.4, 0.5) is 0 Å². The molecule has 0 saturated carbocycles. The molecule has 108 valence electrons. The Balaban J connectivity index is 1.88. The average Bonchev–Trinajstić information content (AvgIpc) is 2.88. The lowest BCUT2D eigenvalue weighted by Gasteiger charge is -2.32. The molecule has 4 nitrogen and oxygen atoms in total. The molecule has 19 heavy (non-hydrogen) atoms. The summed E-state index contributed by atoms with van der Waals surface area (Å²) in [5, 5.41) is 9.97. The molecule has 2 heterocycles. The van der Waals surface area contributed by atoms with Gasteiger partial charge in [0.15, 0.2) is 0 Å². The summed E-state index contributed by atoms with van der Waals surface area (Å²) in [6, 6.07) is 2.01. The minimum Gasteiger partial charge on any atom is -0.388 e. The van der Waals surface area contributed by atoms with E-state index in [2.05, 4.69) is 29.5 Å². The van der Waals surface area contributed by atoms with Gasteiger partial charge in [-0.15, -0.1) is 0 Å². The van der Waals surface area contributed by atoms with Crippen molar-refractivity contribution < 1.29 is 9.84 Å². The van der Waals surface area contributed by atoms with Crippen LogP contribution in [-0.4, -0.2) is 46.9 Å². The first-order valence-corrected chi connectivity index (χ1v) is 7.40. The lowest BCUT2D eigenvalue weighted by atomic mass is 10.1. The normalized spacial score (nSPS) is 22.6. The number of rotatable bonds is 6. The van der Waals surface area contributed by atoms with Crippen LogP contribution in [0.15, 0.2) is 18.5 Å². The molecule has 0 aromatic carbocycles. The Labute approximate surface area is 116 Å². The van der Waals surface area contributed by atoms with Crippen LogP contribution in [0, 0.1) is 0 Å². The predicted molar refractivity (Wildman–Crippen MR) is 76.2 cm³/mol. The van der Waals surface area contributed by atoms with Crippen molar-refractivity contribution in [1.29, 1.82) is 0 Å². The Bertz CT molecular complexity index is 378. The van der Waals surface area contributed by atoms with Gasteiger partial charge in [0, 0.05) is 32.0 Å². The summed E-state index contributed by atoms with van der Waals surface area (Å²) in [6.07, 6.45) is 5.86. The zero-order chi connectivity index (χ0) is 13.7. The summed E-state index contributed by atoms with van der Waals surface area (Å²) in [5.74, 6) is 0. The summed E-state index contributed by atoms with van der Waals surface area (Å²) in [4.78, 5) is 2.42. The number of aliphatic hydroxyl groups excluding tert-OH is 1. The highest BCUT2D eigenvalue weighted by Crippen LogP contribution is 2.19. The molecule has 1 fully saturated rings. The Hall–Kier alpha value is -0.840. The van der Waals surface area contributed by atoms with E-state index in [9.17, 15) is 5.11 Å². The molecule has 2 atom stereocenters. The van der Waals surface area contributed by atoms with Crippen LogP contribution in [0.25, 0.3) is 0 Å². The standard InChI is InChI=1S/C15H26N2O2/c1-3-5-15(18)13-6-7-17(10-13)12-14-11-16(4-2)8-9-19-14/h6-7,10,14-15,18H,3-5,8-9,11-12H2,1-2H3. The van der Waals surface area contributed by atoms with E-state index in [0.29, 0.717) is 0 Å². The number of likely N-dealkylation sites (N-methyl/N-ethyl adjacent to an activating group) is 1. The van der Waals surface area contributed by atoms with E-state index in [4.69, 9.17) is 4.74 Å². The topological polar surface area (TPSA) is 37.6 Å². The van der Waals surface area contributed by atoms with Crippen LogP contribution in [0.2, 0.25) is 0 Å². The number of hydrogen-bond acceptors (Lipinski definition) is 3. The van der Waals surface area contributed by atoms with E-state index in [1.165, 1.54) is 0 Å². The van der Waals surface area contributed by atoms with Crippen molar-refractivity contribution in [2.45, 2.75) is 45.4 Å². The maximum Gasteiger partial charge on any atom is 0.0880 e. The third-order valence-corrected chi connectivity index (χ3v) is 3.80. The molecule has 1 aliphatic heterocycles. The summed E-state index contributed by atoms with van der Waals surface area (Å²) in [6.45, 7) is 9.11. The number of morpholine rings is 1. The van der Waals surface area contributed by atoms with E-state index in [1.807, 2.05) is 12.3 Å². The van der Waals surface area contributed by atoms with Gasteiger partial charge >= 0.3 is 0 Å². The smallest absolute Gasteiger partial charge is 0.0880 e. The molecule has 1 aliphatic rings. The van der Waals surface area contributed by atoms with Gasteiger partial charge in [-0.2, -0.15) is 0 Å². The highest BCUT2D eigenvalue weighted by molar-refractivity contribution is 5.13. The molecule has 0 aliphatic carbocycles. The van der Waals surface area contributed by atoms with Crippen molar-refractivity contribution >= 4 is 0 Å². The van der Waals surface area contributed by atoms with Crippen LogP contribution in [0.5, 0.6) is 0 Å². The minimum absolute atomic E-state index is 0.261. The van der Waals surface area contributed by atoms with Crippen LogP contribution in [0.3, 0.4) is 0 Å². The number of nitrogens with zero attached hydrogens (tertiary/aromatic N) is 2. The van der Waals surface area contributed by atoms with Gasteiger partial charge in [0.2, 0.25) is 0 Å². The van der Waals surface area contributed by atoms with E-state index in [0.717, 1.165) is 51.2 Å². The molecular weight excluding hydrogens is 240 g/mol. The second-order valence-corrected chi connectivity index (χ2v) is 5.33. The molecule has 2 rings (SSSR count). The molecule has 0 radical (unpaired) electrons. The zero-order valence-corrected chi connectivity index (χ0v) is 12.1. The first-order chi connectivity index (χ1) is 9.22. The summed E-state index contributed by atoms with van der Waals surface area (Å²) < 4.78 is 7.94. The first-order valence-electron chi connectivity index (χ1n) is 7.40. The second kappa shape index (κ2) is 7.08. The minimum atomic E-state index is -0.328. The molecular formula is C15H26N2O2. The van der Waals surface area contributed by atoms with Gasteiger partial charge in [-0.05, 0) is 24.6 Å². The highest BCUT2D eigenvalue weighted by Gasteiger charge is 2.19. The number of aromatic nitrogens is 1. The molecule has 0 spiro atoms. The van der Waals surface area contributed by atoms with Crippen molar-refractivity contribution in [3.63, 3.8) is 0 Å². The Morgan fingerprint density at radius 1 is 1.47 bits per heavy atom. The molecule has 1 N–H and O–H groups in total. The van der Waals surface area contributed by atoms with E-state index in [1.54, 1.807) is 0 Å². The number of ether oxygens (including phenoxy) is 1. The van der Waals surface area contributed by atoms with Crippen molar-refractivity contribution in [2.75, 3.05) is 26.2 Å². The predicted octanol–water partition coefficient (Wildman–Crippen LogP) is 2.04. The summed E-state index contributed by atoms with van der Waals surface area (Å²) >= 11 is 0. The van der Waals surface area contributed by atoms with Crippen LogP contribution in [0.1, 0.15) is 38.4 Å². The van der Waals surface area contributed by atoms with Crippen molar-refractivity contribution in [3.05, 3.63) is 24.0 Å². The maximum absolute atomic E-state index is 9.97. The first kappa shape index (κ1) is 14.6. The number of aliphatic hydroxyl groups is 1. The van der Waals surface area contributed by atoms with Crippen LogP contribution in [-0.2, 0) is 11.3 Å². The van der Waals surface area contributed by atoms with Gasteiger partial charge in [-0.1, -0.05) is 20.3 Å². The molecule has 4 heteroatoms. The molecule has 1 aromatic rings. The third kappa shape index (κ3) is 4.06. The lowest BCUT2D eigenvalue weighted by Crippen LogP contribution is -2.43. The molecule has 2 unspecified atom stereocenters. The molecule has 1 saturated heterocycles. The zero-order valence-electron chi connectivity index (χ0n) is 12.1. The van der Waals surface area contributed by atoms with Crippen LogP contribution >= 0.6 is 0 Å². The summed E-state index contributed by atoms with van der Waals surface area (Å²) in [7, 11) is 0. The van der Waals surface area contributed by atoms with Gasteiger partial charge in [0.05, 0.1) is 18.8 Å². The summed E-state index contributed by atoms with van der Waals surface area (Å²) in [5.41, 5.74) is 1.02. The van der Waals surface area contributed by atoms with Gasteiger partial charge < -0.3 is 14.4 Å². The highest BCUT2D eigenvalue weighted by atomic mass is 16.5. The molecule has 0 bridgehead atoms. The van der Waals surface area contributed by atoms with Crippen molar-refractivity contribution in [1.82, 2.24) is 9.47 Å². The Kier molecular flexibility index (Phi) is 5.43. The van der Waals surface area contributed by atoms with Crippen LogP contribution < -0.4 is 0 Å². The fourth-order valence-corrected chi connectivity index (χ4v) is 2.62. The fourth-order valence-electron chi connectivity index (χ4n) is 2.62. The SMILES string of the molecule is CCCC(O)c1ccn(CC2CN(CC)CCO2)c1. The maximum atomic E-state index is 9.97. The average molecular weight is 266 g/mol. The molecule has 0 amide bonds. The number of hydrogen-bond donors (Lipinski definition) is 1. The van der Waals surface area contributed by atoms with Gasteiger partial charge in [-0.3, -0.25) is 4.90 Å². The fraction of sp³-hybridized carbons (Fsp3) is 0.733. The van der Waals surface area contributed by atoms with E-state index >= 15 is 0 Å².